The molecule has 2 amide bonds. The lowest BCUT2D eigenvalue weighted by atomic mass is 9.58. The highest BCUT2D eigenvalue weighted by molar-refractivity contribution is 6.25. The molecule has 0 unspecified atom stereocenters. The van der Waals surface area contributed by atoms with E-state index >= 15 is 0 Å². The Hall–Kier alpha value is -4.36. The number of primary amides is 1. The van der Waals surface area contributed by atoms with E-state index in [1.807, 2.05) is 0 Å². The molecule has 40 heavy (non-hydrogen) atoms. The van der Waals surface area contributed by atoms with Crippen molar-refractivity contribution >= 4 is 34.9 Å². The van der Waals surface area contributed by atoms with Crippen LogP contribution >= 0.6 is 0 Å². The third-order valence-corrected chi connectivity index (χ3v) is 7.75. The van der Waals surface area contributed by atoms with Crippen LogP contribution in [0.3, 0.4) is 0 Å². The summed E-state index contributed by atoms with van der Waals surface area (Å²) in [5, 5.41) is 47.5. The molecule has 214 valence electrons. The number of phenolic OH excluding ortho intramolecular Hbond substituents is 1. The van der Waals surface area contributed by atoms with E-state index in [4.69, 9.17) is 10.5 Å². The van der Waals surface area contributed by atoms with Crippen molar-refractivity contribution in [2.75, 3.05) is 45.0 Å². The van der Waals surface area contributed by atoms with Gasteiger partial charge in [0.1, 0.15) is 23.7 Å². The van der Waals surface area contributed by atoms with Crippen molar-refractivity contribution in [3.05, 3.63) is 52.5 Å². The molecule has 7 N–H and O–H groups in total. The topological polar surface area (TPSA) is 203 Å². The highest BCUT2D eigenvalue weighted by atomic mass is 16.5. The van der Waals surface area contributed by atoms with Gasteiger partial charge in [0, 0.05) is 31.3 Å². The van der Waals surface area contributed by atoms with Gasteiger partial charge in [0.2, 0.25) is 5.78 Å². The number of amides is 2. The molecular weight excluding hydrogens is 524 g/mol. The summed E-state index contributed by atoms with van der Waals surface area (Å²) in [5.41, 5.74) is 1.97. The van der Waals surface area contributed by atoms with Crippen molar-refractivity contribution in [3.63, 3.8) is 0 Å². The Morgan fingerprint density at radius 3 is 2.42 bits per heavy atom. The number of ether oxygens (including phenoxy) is 1. The number of carbonyl (C=O) groups excluding carboxylic acids is 4. The smallest absolute Gasteiger partial charge is 0.412 e. The first kappa shape index (κ1) is 28.6. The number of likely N-dealkylation sites (N-methyl/N-ethyl adjacent to an activating group) is 1. The van der Waals surface area contributed by atoms with Gasteiger partial charge >= 0.3 is 6.09 Å². The first-order valence-corrected chi connectivity index (χ1v) is 12.4. The van der Waals surface area contributed by atoms with Crippen LogP contribution in [-0.2, 0) is 20.7 Å². The third kappa shape index (κ3) is 4.09. The number of hydrogen-bond acceptors (Lipinski definition) is 11. The number of nitrogens with one attached hydrogen (secondary N) is 1. The molecule has 1 aromatic rings. The van der Waals surface area contributed by atoms with Gasteiger partial charge in [0.25, 0.3) is 5.91 Å². The van der Waals surface area contributed by atoms with Crippen LogP contribution in [0, 0.1) is 11.8 Å². The van der Waals surface area contributed by atoms with Crippen LogP contribution in [0.4, 0.5) is 16.2 Å². The Balaban J connectivity index is 1.92. The number of ketones is 2. The Kier molecular flexibility index (Phi) is 7.15. The lowest BCUT2D eigenvalue weighted by molar-refractivity contribution is -0.148. The number of nitrogens with zero attached hydrogens (tertiary/aromatic N) is 2. The van der Waals surface area contributed by atoms with E-state index in [9.17, 15) is 39.6 Å². The van der Waals surface area contributed by atoms with Gasteiger partial charge in [0.05, 0.1) is 17.3 Å². The standard InChI is InChI=1S/C27H32N4O9/c1-6-7-40-26(38)29-14-10-15(30(2)3)12-8-11-9-13-19(31(4)5)22(34)18(25(28)37)24(36)27(13,39)23(35)16(11)21(33)17(12)20(14)32/h6,10-11,13,19,32,34-35,39H,1,7-9H2,2-5H3,(H2,28,37)(H,29,38)/t11-,13-,19-,27-/m1/s1. The summed E-state index contributed by atoms with van der Waals surface area (Å²) >= 11 is 0. The number of anilines is 2. The second-order valence-electron chi connectivity index (χ2n) is 10.5. The molecule has 0 saturated carbocycles. The van der Waals surface area contributed by atoms with Crippen LogP contribution in [-0.4, -0.2) is 95.3 Å². The number of fused-ring (bicyclic) bond motifs is 3. The largest absolute Gasteiger partial charge is 0.510 e. The van der Waals surface area contributed by atoms with Gasteiger partial charge < -0.3 is 35.8 Å². The molecule has 4 rings (SSSR count). The van der Waals surface area contributed by atoms with E-state index in [0.717, 1.165) is 0 Å². The van der Waals surface area contributed by atoms with Gasteiger partial charge in [0.15, 0.2) is 17.1 Å². The van der Waals surface area contributed by atoms with Crippen molar-refractivity contribution in [1.29, 1.82) is 0 Å². The number of Topliss-reactive ketones (excluding diaryl/α,β-unsaturated/α-hetero) is 2. The molecule has 4 atom stereocenters. The minimum Gasteiger partial charge on any atom is -0.510 e. The number of phenols is 1. The van der Waals surface area contributed by atoms with Crippen molar-refractivity contribution in [2.45, 2.75) is 24.5 Å². The van der Waals surface area contributed by atoms with E-state index in [1.54, 1.807) is 33.1 Å². The average Bonchev–Trinajstić information content (AvgIpc) is 2.85. The maximum Gasteiger partial charge on any atom is 0.412 e. The van der Waals surface area contributed by atoms with Crippen LogP contribution in [0.2, 0.25) is 0 Å². The van der Waals surface area contributed by atoms with Crippen LogP contribution in [0.5, 0.6) is 5.75 Å². The van der Waals surface area contributed by atoms with Crippen molar-refractivity contribution < 1.29 is 44.3 Å². The van der Waals surface area contributed by atoms with Crippen LogP contribution in [0.15, 0.2) is 41.4 Å². The van der Waals surface area contributed by atoms with E-state index in [0.29, 0.717) is 11.3 Å². The molecule has 0 aliphatic heterocycles. The van der Waals surface area contributed by atoms with Gasteiger partial charge in [-0.15, -0.1) is 0 Å². The number of benzene rings is 1. The Bertz CT molecular complexity index is 1410. The maximum absolute atomic E-state index is 13.9. The minimum atomic E-state index is -2.74. The zero-order chi connectivity index (χ0) is 29.8. The highest BCUT2D eigenvalue weighted by Gasteiger charge is 2.63. The number of allylic oxidation sites excluding steroid dienone is 1. The fourth-order valence-electron chi connectivity index (χ4n) is 6.07. The lowest BCUT2D eigenvalue weighted by Gasteiger charge is -2.50. The SMILES string of the molecule is C=CCOC(=O)Nc1cc(N(C)C)c2c(c1O)C(=O)C1=C(O)[C@@]3(O)C(=O)C(C(N)=O)=C(O)[C@H](N(C)C)[C@H]3C[C@H]1C2. The number of hydrogen-bond donors (Lipinski definition) is 6. The number of nitrogens with two attached hydrogens (primary N) is 1. The third-order valence-electron chi connectivity index (χ3n) is 7.75. The Labute approximate surface area is 229 Å². The molecule has 0 aromatic heterocycles. The first-order chi connectivity index (χ1) is 18.7. The molecule has 3 aliphatic carbocycles. The molecule has 3 aliphatic rings. The molecule has 0 radical (unpaired) electrons. The summed E-state index contributed by atoms with van der Waals surface area (Å²) in [5.74, 6) is -7.53. The average molecular weight is 557 g/mol. The fraction of sp³-hybridized carbons (Fsp3) is 0.407. The van der Waals surface area contributed by atoms with Crippen LogP contribution in [0.1, 0.15) is 22.3 Å². The van der Waals surface area contributed by atoms with Gasteiger partial charge in [-0.25, -0.2) is 4.79 Å². The quantitative estimate of drug-likeness (QED) is 0.165. The van der Waals surface area contributed by atoms with Gasteiger partial charge in [-0.1, -0.05) is 12.7 Å². The summed E-state index contributed by atoms with van der Waals surface area (Å²) in [7, 11) is 6.53. The second-order valence-corrected chi connectivity index (χ2v) is 10.5. The van der Waals surface area contributed by atoms with E-state index in [1.165, 1.54) is 17.0 Å². The van der Waals surface area contributed by atoms with Crippen LogP contribution in [0.25, 0.3) is 0 Å². The second kappa shape index (κ2) is 9.99. The predicted molar refractivity (Wildman–Crippen MR) is 143 cm³/mol. The van der Waals surface area contributed by atoms with Crippen molar-refractivity contribution in [2.24, 2.45) is 17.6 Å². The van der Waals surface area contributed by atoms with Crippen molar-refractivity contribution in [3.8, 4) is 5.75 Å². The zero-order valence-electron chi connectivity index (χ0n) is 22.5. The normalized spacial score (nSPS) is 25.7. The van der Waals surface area contributed by atoms with Crippen LogP contribution < -0.4 is 16.0 Å². The van der Waals surface area contributed by atoms with E-state index in [2.05, 4.69) is 11.9 Å². The molecule has 13 nitrogen and oxygen atoms in total. The molecule has 0 spiro atoms. The molecule has 1 aromatic carbocycles. The van der Waals surface area contributed by atoms with Gasteiger partial charge in [-0.05, 0) is 44.5 Å². The van der Waals surface area contributed by atoms with Crippen molar-refractivity contribution in [1.82, 2.24) is 4.90 Å². The predicted octanol–water partition coefficient (Wildman–Crippen LogP) is 0.921. The summed E-state index contributed by atoms with van der Waals surface area (Å²) in [6, 6.07) is 0.394. The molecule has 0 fully saturated rings. The molecule has 13 heteroatoms. The Morgan fingerprint density at radius 1 is 1.23 bits per heavy atom. The van der Waals surface area contributed by atoms with Gasteiger partial charge in [-0.2, -0.15) is 0 Å². The number of aliphatic hydroxyl groups is 3. The minimum absolute atomic E-state index is 0.0345. The fourth-order valence-corrected chi connectivity index (χ4v) is 6.07. The van der Waals surface area contributed by atoms with Gasteiger partial charge in [-0.3, -0.25) is 24.6 Å². The summed E-state index contributed by atoms with van der Waals surface area (Å²) in [4.78, 5) is 54.8. The number of aromatic hydroxyl groups is 1. The number of rotatable bonds is 6. The maximum atomic E-state index is 13.9. The van der Waals surface area contributed by atoms with E-state index in [-0.39, 0.29) is 36.3 Å². The lowest BCUT2D eigenvalue weighted by Crippen LogP contribution is -2.63. The van der Waals surface area contributed by atoms with E-state index < -0.39 is 69.9 Å². The molecular formula is C27H32N4O9. The summed E-state index contributed by atoms with van der Waals surface area (Å²) in [6.07, 6.45) is 0.513. The summed E-state index contributed by atoms with van der Waals surface area (Å²) in [6.45, 7) is 3.36. The molecule has 0 heterocycles. The zero-order valence-corrected chi connectivity index (χ0v) is 22.5. The monoisotopic (exact) mass is 556 g/mol. The Morgan fingerprint density at radius 2 is 1.88 bits per heavy atom. The number of aliphatic hydroxyl groups excluding tert-OH is 2. The first-order valence-electron chi connectivity index (χ1n) is 12.4. The molecule has 0 bridgehead atoms. The molecule has 0 saturated heterocycles. The highest BCUT2D eigenvalue weighted by Crippen LogP contribution is 2.53. The summed E-state index contributed by atoms with van der Waals surface area (Å²) < 4.78 is 4.91. The number of carbonyl (C=O) groups is 4.